The Morgan fingerprint density at radius 2 is 1.83 bits per heavy atom. The lowest BCUT2D eigenvalue weighted by atomic mass is 10.3. The molecule has 0 aromatic rings. The first-order valence-electron chi connectivity index (χ1n) is 5.09. The van der Waals surface area contributed by atoms with Crippen molar-refractivity contribution in [1.29, 1.82) is 0 Å². The minimum atomic E-state index is 0.833. The highest BCUT2D eigenvalue weighted by molar-refractivity contribution is 4.34. The Labute approximate surface area is 77.1 Å². The number of hydrogen-bond acceptors (Lipinski definition) is 1. The predicted octanol–water partition coefficient (Wildman–Crippen LogP) is 2.25. The summed E-state index contributed by atoms with van der Waals surface area (Å²) in [4.78, 5) is 0. The highest BCUT2D eigenvalue weighted by Gasteiger charge is 2.17. The minimum absolute atomic E-state index is 0.833. The predicted molar refractivity (Wildman–Crippen MR) is 53.0 cm³/mol. The van der Waals surface area contributed by atoms with Crippen LogP contribution >= 0.6 is 0 Å². The largest absolute Gasteiger partial charge is 0.332 e. The lowest BCUT2D eigenvalue weighted by Crippen LogP contribution is -2.46. The van der Waals surface area contributed by atoms with E-state index in [9.17, 15) is 0 Å². The quantitative estimate of drug-likeness (QED) is 0.425. The van der Waals surface area contributed by atoms with E-state index in [4.69, 9.17) is 4.74 Å². The van der Waals surface area contributed by atoms with Gasteiger partial charge in [0.1, 0.15) is 0 Å². The third kappa shape index (κ3) is 4.73. The second-order valence-corrected chi connectivity index (χ2v) is 3.63. The molecule has 0 aromatic carbocycles. The summed E-state index contributed by atoms with van der Waals surface area (Å²) in [6, 6.07) is 0. The fourth-order valence-corrected chi connectivity index (χ4v) is 1.17. The van der Waals surface area contributed by atoms with Crippen LogP contribution < -0.4 is 0 Å². The summed E-state index contributed by atoms with van der Waals surface area (Å²) in [5.41, 5.74) is 0. The van der Waals surface area contributed by atoms with Crippen molar-refractivity contribution in [1.82, 2.24) is 0 Å². The first-order chi connectivity index (χ1) is 5.68. The first kappa shape index (κ1) is 11.9. The number of ether oxygens (including phenoxy) is 1. The zero-order chi connectivity index (χ0) is 9.45. The summed E-state index contributed by atoms with van der Waals surface area (Å²) < 4.78 is 6.52. The molecule has 0 saturated heterocycles. The van der Waals surface area contributed by atoms with Gasteiger partial charge in [0.25, 0.3) is 0 Å². The Hall–Kier alpha value is -0.0800. The first-order valence-corrected chi connectivity index (χ1v) is 5.09. The van der Waals surface area contributed by atoms with E-state index in [1.165, 1.54) is 25.9 Å². The van der Waals surface area contributed by atoms with Gasteiger partial charge in [0.2, 0.25) is 0 Å². The van der Waals surface area contributed by atoms with E-state index in [2.05, 4.69) is 27.8 Å². The van der Waals surface area contributed by atoms with Crippen LogP contribution in [0.5, 0.6) is 0 Å². The van der Waals surface area contributed by atoms with Crippen molar-refractivity contribution in [3.8, 4) is 0 Å². The summed E-state index contributed by atoms with van der Waals surface area (Å²) >= 11 is 0. The van der Waals surface area contributed by atoms with Crippen LogP contribution in [0, 0.1) is 0 Å². The monoisotopic (exact) mass is 174 g/mol. The van der Waals surface area contributed by atoms with E-state index in [0.717, 1.165) is 17.8 Å². The molecule has 0 aliphatic rings. The second-order valence-electron chi connectivity index (χ2n) is 3.63. The molecule has 74 valence electrons. The molecule has 0 rings (SSSR count). The smallest absolute Gasteiger partial charge is 0.182 e. The van der Waals surface area contributed by atoms with Crippen LogP contribution in [0.2, 0.25) is 0 Å². The molecule has 0 radical (unpaired) electrons. The molecule has 2 heteroatoms. The van der Waals surface area contributed by atoms with Gasteiger partial charge in [0.05, 0.1) is 20.1 Å². The van der Waals surface area contributed by atoms with Crippen molar-refractivity contribution in [3.05, 3.63) is 0 Å². The molecule has 0 aliphatic heterocycles. The number of rotatable bonds is 7. The number of hydrogen-bond donors (Lipinski definition) is 0. The third-order valence-corrected chi connectivity index (χ3v) is 2.42. The molecule has 0 aromatic heterocycles. The Balaban J connectivity index is 3.70. The Morgan fingerprint density at radius 1 is 1.17 bits per heavy atom. The SMILES string of the molecule is CCCC[N+](C)(CC)COCC. The topological polar surface area (TPSA) is 9.23 Å². The molecular formula is C10H24NO+. The van der Waals surface area contributed by atoms with E-state index < -0.39 is 0 Å². The van der Waals surface area contributed by atoms with Crippen LogP contribution in [0.4, 0.5) is 0 Å². The van der Waals surface area contributed by atoms with Crippen molar-refractivity contribution < 1.29 is 9.22 Å². The molecule has 0 fully saturated rings. The van der Waals surface area contributed by atoms with Crippen molar-refractivity contribution in [3.63, 3.8) is 0 Å². The van der Waals surface area contributed by atoms with Gasteiger partial charge in [-0.15, -0.1) is 0 Å². The lowest BCUT2D eigenvalue weighted by Gasteiger charge is -2.32. The molecule has 0 bridgehead atoms. The van der Waals surface area contributed by atoms with Crippen molar-refractivity contribution in [2.75, 3.05) is 33.5 Å². The highest BCUT2D eigenvalue weighted by atomic mass is 16.5. The summed E-state index contributed by atoms with van der Waals surface area (Å²) in [6.07, 6.45) is 2.58. The standard InChI is InChI=1S/C10H24NO/c1-5-8-9-11(4,6-2)10-12-7-3/h5-10H2,1-4H3/q+1. The second kappa shape index (κ2) is 6.44. The molecule has 2 nitrogen and oxygen atoms in total. The van der Waals surface area contributed by atoms with E-state index in [1.807, 2.05) is 0 Å². The van der Waals surface area contributed by atoms with Gasteiger partial charge >= 0.3 is 0 Å². The van der Waals surface area contributed by atoms with E-state index in [1.54, 1.807) is 0 Å². The molecule has 0 amide bonds. The summed E-state index contributed by atoms with van der Waals surface area (Å²) in [5, 5.41) is 0. The van der Waals surface area contributed by atoms with Crippen LogP contribution in [-0.2, 0) is 4.74 Å². The molecule has 0 saturated carbocycles. The van der Waals surface area contributed by atoms with Gasteiger partial charge in [0, 0.05) is 6.61 Å². The van der Waals surface area contributed by atoms with Gasteiger partial charge < -0.3 is 9.22 Å². The summed E-state index contributed by atoms with van der Waals surface area (Å²) in [6.45, 7) is 10.6. The van der Waals surface area contributed by atoms with Gasteiger partial charge in [0.15, 0.2) is 6.73 Å². The van der Waals surface area contributed by atoms with Crippen LogP contribution in [0.25, 0.3) is 0 Å². The Kier molecular flexibility index (Phi) is 6.39. The number of unbranched alkanes of at least 4 members (excludes halogenated alkanes) is 1. The van der Waals surface area contributed by atoms with Crippen LogP contribution in [0.1, 0.15) is 33.6 Å². The van der Waals surface area contributed by atoms with Gasteiger partial charge in [-0.25, -0.2) is 0 Å². The van der Waals surface area contributed by atoms with Crippen LogP contribution in [0.3, 0.4) is 0 Å². The zero-order valence-electron chi connectivity index (χ0n) is 9.10. The number of nitrogens with zero attached hydrogens (tertiary/aromatic N) is 1. The molecular weight excluding hydrogens is 150 g/mol. The average molecular weight is 174 g/mol. The van der Waals surface area contributed by atoms with Gasteiger partial charge in [-0.2, -0.15) is 0 Å². The van der Waals surface area contributed by atoms with Crippen molar-refractivity contribution in [2.24, 2.45) is 0 Å². The molecule has 12 heavy (non-hydrogen) atoms. The Morgan fingerprint density at radius 3 is 2.25 bits per heavy atom. The molecule has 0 spiro atoms. The van der Waals surface area contributed by atoms with Gasteiger partial charge in [-0.3, -0.25) is 0 Å². The molecule has 0 heterocycles. The fourth-order valence-electron chi connectivity index (χ4n) is 1.17. The molecule has 0 aliphatic carbocycles. The van der Waals surface area contributed by atoms with Gasteiger partial charge in [-0.1, -0.05) is 13.3 Å². The normalized spacial score (nSPS) is 16.0. The highest BCUT2D eigenvalue weighted by Crippen LogP contribution is 2.05. The lowest BCUT2D eigenvalue weighted by molar-refractivity contribution is -0.926. The van der Waals surface area contributed by atoms with Crippen molar-refractivity contribution >= 4 is 0 Å². The van der Waals surface area contributed by atoms with E-state index >= 15 is 0 Å². The fraction of sp³-hybridized carbons (Fsp3) is 1.00. The maximum atomic E-state index is 5.46. The van der Waals surface area contributed by atoms with Gasteiger partial charge in [-0.05, 0) is 20.3 Å². The van der Waals surface area contributed by atoms with Crippen molar-refractivity contribution in [2.45, 2.75) is 33.6 Å². The summed E-state index contributed by atoms with van der Waals surface area (Å²) in [5.74, 6) is 0. The molecule has 1 atom stereocenters. The zero-order valence-corrected chi connectivity index (χ0v) is 9.10. The van der Waals surface area contributed by atoms with Crippen LogP contribution in [-0.4, -0.2) is 38.0 Å². The number of quaternary nitrogens is 1. The summed E-state index contributed by atoms with van der Waals surface area (Å²) in [7, 11) is 2.27. The maximum Gasteiger partial charge on any atom is 0.182 e. The Bertz CT molecular complexity index is 96.0. The minimum Gasteiger partial charge on any atom is -0.332 e. The van der Waals surface area contributed by atoms with E-state index in [-0.39, 0.29) is 0 Å². The average Bonchev–Trinajstić information content (AvgIpc) is 2.11. The molecule has 0 N–H and O–H groups in total. The van der Waals surface area contributed by atoms with Crippen LogP contribution in [0.15, 0.2) is 0 Å². The maximum absolute atomic E-state index is 5.46. The molecule has 1 unspecified atom stereocenters. The third-order valence-electron chi connectivity index (χ3n) is 2.42. The van der Waals surface area contributed by atoms with E-state index in [0.29, 0.717) is 0 Å².